The van der Waals surface area contributed by atoms with Gasteiger partial charge in [-0.05, 0) is 123 Å². The van der Waals surface area contributed by atoms with Gasteiger partial charge in [0.15, 0.2) is 5.96 Å². The molecule has 1 aliphatic rings. The standard InChI is InChI=1S/C69H118N28O21/c1-35(2)52(64(114)90-42(16-10-22-80-68(75)117)57(107)83-30-51(102)103)95-63(113)49-18-12-24-97(49)66(116)45(17-11-23-81-69(76)118)92-61(111)47(31-98)94-59(109)43(13-5-7-19-70)88-54(104)36(3)86-60(110)46(26-39-28-78-34-85-39)87-50(101)29-82-56(106)41(15-9-21-79-67(73)74)89-58(108)44(14-6-8-20-71)91-65(115)53(37(4)100)96-62(112)48(32-99)93-55(105)40(72)25-38-27-77-33-84-38/h27-28,33-37,40-49,52-53,98-100H,5-26,29-32,70-72H2,1-4H3,(H,77,84)(H,78,85)(H,82,106)(H,83,107)(H,86,110)(H,87,101)(H,88,104)(H,89,108)(H,90,114)(H,91,115)(H,92,111)(H,93,105)(H,94,109)(H,95,113)(H,96,112)(H,102,103)(H4,73,74,79)(H3,75,80,117)(H3,76,81,118)/t36-,37+,40-,41-,42-,43-,44-,45-,46-,47-,48-,49-,52-,53-/m0/s1. The minimum absolute atomic E-state index is 0.0115. The molecule has 1 fully saturated rings. The summed E-state index contributed by atoms with van der Waals surface area (Å²) in [6.07, 6.45) is 4.16. The second-order valence-corrected chi connectivity index (χ2v) is 28.2. The fourth-order valence-electron chi connectivity index (χ4n) is 11.9. The van der Waals surface area contributed by atoms with Gasteiger partial charge in [0.2, 0.25) is 82.7 Å². The van der Waals surface area contributed by atoms with Gasteiger partial charge in [0.05, 0.1) is 44.6 Å². The van der Waals surface area contributed by atoms with Gasteiger partial charge in [-0.15, -0.1) is 0 Å². The molecule has 3 heterocycles. The van der Waals surface area contributed by atoms with Gasteiger partial charge in [0.1, 0.15) is 79.0 Å². The highest BCUT2D eigenvalue weighted by Gasteiger charge is 2.42. The molecule has 14 atom stereocenters. The van der Waals surface area contributed by atoms with E-state index in [1.165, 1.54) is 32.0 Å². The minimum atomic E-state index is -1.83. The summed E-state index contributed by atoms with van der Waals surface area (Å²) in [6, 6.07) is -21.3. The van der Waals surface area contributed by atoms with Crippen molar-refractivity contribution in [3.63, 3.8) is 0 Å². The highest BCUT2D eigenvalue weighted by Crippen LogP contribution is 2.21. The van der Waals surface area contributed by atoms with Crippen molar-refractivity contribution in [3.8, 4) is 0 Å². The average molecular weight is 1680 g/mol. The largest absolute Gasteiger partial charge is 0.480 e. The fraction of sp³-hybridized carbons (Fsp3) is 0.652. The Hall–Kier alpha value is -12.0. The van der Waals surface area contributed by atoms with Gasteiger partial charge in [0, 0.05) is 62.8 Å². The van der Waals surface area contributed by atoms with Crippen LogP contribution in [0, 0.1) is 5.92 Å². The van der Waals surface area contributed by atoms with Gasteiger partial charge < -0.3 is 155 Å². The van der Waals surface area contributed by atoms with E-state index >= 15 is 0 Å². The molecule has 3 rings (SSSR count). The number of nitrogens with one attached hydrogen (secondary N) is 17. The predicted molar refractivity (Wildman–Crippen MR) is 418 cm³/mol. The Kier molecular flexibility index (Phi) is 45.3. The van der Waals surface area contributed by atoms with E-state index in [2.05, 4.69) is 105 Å². The van der Waals surface area contributed by atoms with Crippen LogP contribution in [0.4, 0.5) is 9.59 Å². The molecule has 18 amide bonds. The highest BCUT2D eigenvalue weighted by atomic mass is 16.4. The van der Waals surface area contributed by atoms with Crippen LogP contribution in [0.5, 0.6) is 0 Å². The number of carboxylic acids is 1. The molecular weight excluding hydrogens is 1560 g/mol. The first-order valence-corrected chi connectivity index (χ1v) is 38.5. The molecular formula is C69H118N28O21. The number of aliphatic carboxylic acids is 1. The Bertz CT molecular complexity index is 3660. The van der Waals surface area contributed by atoms with Crippen molar-refractivity contribution >= 4 is 107 Å². The summed E-state index contributed by atoms with van der Waals surface area (Å²) in [4.78, 5) is 247. The lowest BCUT2D eigenvalue weighted by atomic mass is 10.0. The third-order valence-corrected chi connectivity index (χ3v) is 18.3. The Morgan fingerprint density at radius 3 is 1.42 bits per heavy atom. The zero-order chi connectivity index (χ0) is 88.1. The molecule has 1 saturated heterocycles. The van der Waals surface area contributed by atoms with E-state index in [9.17, 15) is 96.8 Å². The molecule has 1 aliphatic heterocycles. The second kappa shape index (κ2) is 53.3. The van der Waals surface area contributed by atoms with Crippen LogP contribution in [0.3, 0.4) is 0 Å². The van der Waals surface area contributed by atoms with Crippen molar-refractivity contribution in [1.29, 1.82) is 0 Å². The lowest BCUT2D eigenvalue weighted by Crippen LogP contribution is -2.61. The van der Waals surface area contributed by atoms with Gasteiger partial charge in [-0.3, -0.25) is 76.9 Å². The van der Waals surface area contributed by atoms with Crippen molar-refractivity contribution < 1.29 is 102 Å². The SMILES string of the molecule is CC(C)[C@H](NC(=O)[C@@H]1CCCN1C(=O)[C@H](CCCNC(N)=O)NC(=O)[C@H](CO)NC(=O)[C@H](CCCCN)NC(=O)[C@H](C)NC(=O)[C@H](Cc1cnc[nH]1)NC(=O)CNC(=O)[C@H](CCCN=C(N)N)NC(=O)[C@H](CCCCN)NC(=O)[C@@H](NC(=O)[C@H](CO)NC(=O)[C@@H](N)Cc1cnc[nH]1)[C@@H](C)O)C(=O)N[C@@H](CCCNC(N)=O)C(=O)NCC(=O)O. The number of imidazole rings is 2. The Morgan fingerprint density at radius 2 is 0.932 bits per heavy atom. The molecule has 0 radical (unpaired) electrons. The van der Waals surface area contributed by atoms with Gasteiger partial charge in [-0.1, -0.05) is 13.8 Å². The molecule has 49 heteroatoms. The predicted octanol–water partition coefficient (Wildman–Crippen LogP) is -11.9. The summed E-state index contributed by atoms with van der Waals surface area (Å²) in [6.45, 7) is 1.89. The number of nitrogens with two attached hydrogens (primary N) is 7. The van der Waals surface area contributed by atoms with Gasteiger partial charge >= 0.3 is 18.0 Å². The van der Waals surface area contributed by atoms with Gasteiger partial charge in [0.25, 0.3) is 0 Å². The van der Waals surface area contributed by atoms with Crippen molar-refractivity contribution in [2.75, 3.05) is 65.6 Å². The van der Waals surface area contributed by atoms with E-state index in [0.717, 1.165) is 11.8 Å². The minimum Gasteiger partial charge on any atom is -0.480 e. The third-order valence-electron chi connectivity index (χ3n) is 18.3. The maximum atomic E-state index is 14.6. The summed E-state index contributed by atoms with van der Waals surface area (Å²) in [5, 5.41) is 76.9. The van der Waals surface area contributed by atoms with Crippen LogP contribution in [0.2, 0.25) is 0 Å². The number of amides is 18. The van der Waals surface area contributed by atoms with E-state index in [1.54, 1.807) is 13.8 Å². The number of carboxylic acid groups (broad SMARTS) is 1. The van der Waals surface area contributed by atoms with Crippen LogP contribution < -0.4 is 120 Å². The molecule has 2 aromatic heterocycles. The molecule has 0 unspecified atom stereocenters. The Balaban J connectivity index is 1.81. The summed E-state index contributed by atoms with van der Waals surface area (Å²) in [7, 11) is 0. The smallest absolute Gasteiger partial charge is 0.322 e. The first-order valence-electron chi connectivity index (χ1n) is 38.5. The zero-order valence-corrected chi connectivity index (χ0v) is 66.4. The summed E-state index contributed by atoms with van der Waals surface area (Å²) in [5.41, 5.74) is 39.7. The summed E-state index contributed by atoms with van der Waals surface area (Å²) >= 11 is 0. The number of H-pyrrole nitrogens is 2. The third kappa shape index (κ3) is 36.9. The number of urea groups is 2. The quantitative estimate of drug-likeness (QED) is 0.0166. The Labute approximate surface area is 679 Å². The fourth-order valence-corrected chi connectivity index (χ4v) is 11.9. The number of aromatic nitrogens is 4. The molecule has 118 heavy (non-hydrogen) atoms. The van der Waals surface area contributed by atoms with Crippen LogP contribution in [0.25, 0.3) is 0 Å². The van der Waals surface area contributed by atoms with E-state index in [0.29, 0.717) is 24.2 Å². The Morgan fingerprint density at radius 1 is 0.492 bits per heavy atom. The number of primary amides is 2. The number of nitrogens with zero attached hydrogens (tertiary/aromatic N) is 4. The van der Waals surface area contributed by atoms with E-state index < -0.39 is 218 Å². The monoisotopic (exact) mass is 1670 g/mol. The van der Waals surface area contributed by atoms with Crippen LogP contribution in [0.1, 0.15) is 129 Å². The zero-order valence-electron chi connectivity index (χ0n) is 66.4. The van der Waals surface area contributed by atoms with Crippen molar-refractivity contribution in [2.24, 2.45) is 51.0 Å². The van der Waals surface area contributed by atoms with Crippen LogP contribution >= 0.6 is 0 Å². The maximum absolute atomic E-state index is 14.6. The molecule has 35 N–H and O–H groups in total. The molecule has 0 aromatic carbocycles. The number of likely N-dealkylation sites (tertiary alicyclic amines) is 1. The first-order chi connectivity index (χ1) is 55.9. The van der Waals surface area contributed by atoms with Crippen LogP contribution in [-0.4, -0.2) is 302 Å². The second-order valence-electron chi connectivity index (χ2n) is 28.2. The number of hydrogen-bond donors (Lipinski definition) is 28. The number of unbranched alkanes of at least 4 members (excludes halogenated alkanes) is 2. The number of aliphatic hydroxyl groups excluding tert-OH is 3. The van der Waals surface area contributed by atoms with E-state index in [4.69, 9.17) is 45.2 Å². The number of aliphatic imine (C=N–C) groups is 1. The van der Waals surface area contributed by atoms with Crippen molar-refractivity contribution in [2.45, 2.75) is 215 Å². The highest BCUT2D eigenvalue weighted by molar-refractivity contribution is 6.00. The number of rotatable bonds is 56. The molecule has 0 bridgehead atoms. The van der Waals surface area contributed by atoms with Crippen LogP contribution in [0.15, 0.2) is 30.0 Å². The molecule has 0 saturated carbocycles. The molecule has 2 aromatic rings. The summed E-state index contributed by atoms with van der Waals surface area (Å²) in [5.74, 6) is -15.9. The average Bonchev–Trinajstić information content (AvgIpc) is 1.65. The maximum Gasteiger partial charge on any atom is 0.322 e. The normalized spacial score (nSPS) is 15.7. The van der Waals surface area contributed by atoms with E-state index in [-0.39, 0.29) is 135 Å². The lowest BCUT2D eigenvalue weighted by Gasteiger charge is -2.31. The number of guanidine groups is 1. The molecule has 660 valence electrons. The number of aliphatic hydroxyl groups is 3. The van der Waals surface area contributed by atoms with Crippen LogP contribution in [-0.2, 0) is 84.8 Å². The van der Waals surface area contributed by atoms with Crippen molar-refractivity contribution in [3.05, 3.63) is 36.4 Å². The first kappa shape index (κ1) is 100. The number of aromatic amines is 2. The lowest BCUT2D eigenvalue weighted by molar-refractivity contribution is -0.143. The van der Waals surface area contributed by atoms with Crippen molar-refractivity contribution in [1.82, 2.24) is 105 Å². The van der Waals surface area contributed by atoms with Gasteiger partial charge in [-0.2, -0.15) is 0 Å². The molecule has 0 spiro atoms. The summed E-state index contributed by atoms with van der Waals surface area (Å²) < 4.78 is 0. The topological polar surface area (TPSA) is 807 Å². The molecule has 49 nitrogen and oxygen atoms in total. The van der Waals surface area contributed by atoms with Gasteiger partial charge in [-0.25, -0.2) is 19.6 Å². The number of carbonyl (C=O) groups excluding carboxylic acids is 16. The number of hydrogen-bond acceptors (Lipinski definition) is 26. The van der Waals surface area contributed by atoms with E-state index in [1.807, 2.05) is 0 Å². The molecule has 0 aliphatic carbocycles. The number of carbonyl (C=O) groups is 17.